The zero-order chi connectivity index (χ0) is 14.5. The predicted molar refractivity (Wildman–Crippen MR) is 79.0 cm³/mol. The molecule has 0 saturated carbocycles. The lowest BCUT2D eigenvalue weighted by atomic mass is 10.1. The number of nitrogens with one attached hydrogen (secondary N) is 1. The fourth-order valence-corrected chi connectivity index (χ4v) is 2.58. The van der Waals surface area contributed by atoms with Crippen LogP contribution in [0.3, 0.4) is 0 Å². The fraction of sp³-hybridized carbons (Fsp3) is 0.571. The number of nitrogen functional groups attached to an aromatic ring is 1. The number of rotatable bonds is 5. The van der Waals surface area contributed by atoms with E-state index >= 15 is 0 Å². The first-order valence-corrected chi connectivity index (χ1v) is 7.04. The van der Waals surface area contributed by atoms with Crippen LogP contribution in [-0.2, 0) is 0 Å². The first kappa shape index (κ1) is 14.6. The van der Waals surface area contributed by atoms with Crippen LogP contribution in [0, 0.1) is 0 Å². The Hall–Kier alpha value is -1.82. The summed E-state index contributed by atoms with van der Waals surface area (Å²) < 4.78 is 0. The van der Waals surface area contributed by atoms with E-state index in [1.807, 2.05) is 0 Å². The number of nitrogens with two attached hydrogens (primary N) is 1. The Morgan fingerprint density at radius 3 is 2.85 bits per heavy atom. The number of likely N-dealkylation sites (tertiary alicyclic amines) is 1. The number of piperidine rings is 1. The third-order valence-electron chi connectivity index (χ3n) is 3.58. The Kier molecular flexibility index (Phi) is 4.79. The highest BCUT2D eigenvalue weighted by molar-refractivity contribution is 5.96. The van der Waals surface area contributed by atoms with Gasteiger partial charge in [0.15, 0.2) is 0 Å². The number of anilines is 2. The van der Waals surface area contributed by atoms with Crippen molar-refractivity contribution in [3.05, 3.63) is 17.8 Å². The van der Waals surface area contributed by atoms with Gasteiger partial charge in [0.05, 0.1) is 11.3 Å². The molecule has 110 valence electrons. The Labute approximate surface area is 119 Å². The summed E-state index contributed by atoms with van der Waals surface area (Å²) in [6.07, 6.45) is 5.28. The van der Waals surface area contributed by atoms with E-state index in [0.717, 1.165) is 19.6 Å². The summed E-state index contributed by atoms with van der Waals surface area (Å²) in [7, 11) is 0. The van der Waals surface area contributed by atoms with E-state index in [9.17, 15) is 4.79 Å². The lowest BCUT2D eigenvalue weighted by Gasteiger charge is -2.29. The van der Waals surface area contributed by atoms with E-state index in [4.69, 9.17) is 10.8 Å². The van der Waals surface area contributed by atoms with Crippen molar-refractivity contribution in [2.45, 2.75) is 32.2 Å². The molecule has 6 nitrogen and oxygen atoms in total. The van der Waals surface area contributed by atoms with Gasteiger partial charge in [-0.3, -0.25) is 0 Å². The van der Waals surface area contributed by atoms with Gasteiger partial charge in [0.2, 0.25) is 0 Å². The number of carboxylic acids is 1. The molecule has 0 aliphatic carbocycles. The molecular formula is C14H22N4O2. The van der Waals surface area contributed by atoms with Crippen LogP contribution in [0.15, 0.2) is 12.3 Å². The molecule has 0 bridgehead atoms. The Morgan fingerprint density at radius 2 is 2.20 bits per heavy atom. The first-order valence-electron chi connectivity index (χ1n) is 7.04. The molecule has 1 aromatic heterocycles. The molecule has 1 fully saturated rings. The summed E-state index contributed by atoms with van der Waals surface area (Å²) >= 11 is 0. The average molecular weight is 278 g/mol. The monoisotopic (exact) mass is 278 g/mol. The fourth-order valence-electron chi connectivity index (χ4n) is 2.58. The van der Waals surface area contributed by atoms with Gasteiger partial charge < -0.3 is 21.1 Å². The van der Waals surface area contributed by atoms with E-state index in [0.29, 0.717) is 5.82 Å². The average Bonchev–Trinajstić information content (AvgIpc) is 2.42. The molecule has 1 aliphatic rings. The van der Waals surface area contributed by atoms with Crippen molar-refractivity contribution >= 4 is 17.5 Å². The number of aromatic carboxylic acids is 1. The van der Waals surface area contributed by atoms with Crippen LogP contribution in [0.25, 0.3) is 0 Å². The molecule has 1 aromatic rings. The van der Waals surface area contributed by atoms with Crippen molar-refractivity contribution in [1.29, 1.82) is 0 Å². The number of nitrogens with zero attached hydrogens (tertiary/aromatic N) is 2. The highest BCUT2D eigenvalue weighted by Crippen LogP contribution is 2.21. The number of hydrogen-bond acceptors (Lipinski definition) is 5. The van der Waals surface area contributed by atoms with E-state index in [1.54, 1.807) is 0 Å². The van der Waals surface area contributed by atoms with Gasteiger partial charge in [-0.2, -0.15) is 0 Å². The molecule has 20 heavy (non-hydrogen) atoms. The molecule has 0 amide bonds. The number of carboxylic acid groups (broad SMARTS) is 1. The summed E-state index contributed by atoms with van der Waals surface area (Å²) in [4.78, 5) is 17.6. The molecule has 1 atom stereocenters. The molecule has 0 spiro atoms. The summed E-state index contributed by atoms with van der Waals surface area (Å²) in [5, 5.41) is 12.3. The molecule has 4 N–H and O–H groups in total. The highest BCUT2D eigenvalue weighted by Gasteiger charge is 2.16. The van der Waals surface area contributed by atoms with Crippen LogP contribution < -0.4 is 11.1 Å². The molecule has 1 unspecified atom stereocenters. The number of hydrogen-bond donors (Lipinski definition) is 3. The van der Waals surface area contributed by atoms with Gasteiger partial charge in [0.25, 0.3) is 0 Å². The molecule has 2 rings (SSSR count). The van der Waals surface area contributed by atoms with Crippen molar-refractivity contribution < 1.29 is 9.90 Å². The summed E-state index contributed by atoms with van der Waals surface area (Å²) in [5.74, 6) is -0.578. The zero-order valence-electron chi connectivity index (χ0n) is 11.8. The van der Waals surface area contributed by atoms with Gasteiger partial charge in [0, 0.05) is 18.8 Å². The van der Waals surface area contributed by atoms with Gasteiger partial charge >= 0.3 is 5.97 Å². The molecule has 6 heteroatoms. The van der Waals surface area contributed by atoms with E-state index < -0.39 is 5.97 Å². The topological polar surface area (TPSA) is 91.5 Å². The maximum Gasteiger partial charge on any atom is 0.337 e. The molecule has 0 aromatic carbocycles. The van der Waals surface area contributed by atoms with Gasteiger partial charge in [-0.05, 0) is 38.9 Å². The molecule has 2 heterocycles. The van der Waals surface area contributed by atoms with Crippen LogP contribution in [0.4, 0.5) is 11.5 Å². The van der Waals surface area contributed by atoms with E-state index in [2.05, 4.69) is 22.1 Å². The van der Waals surface area contributed by atoms with Crippen molar-refractivity contribution in [2.75, 3.05) is 30.7 Å². The quantitative estimate of drug-likeness (QED) is 0.758. The lowest BCUT2D eigenvalue weighted by Crippen LogP contribution is -2.38. The van der Waals surface area contributed by atoms with Crippen LogP contribution in [-0.4, -0.2) is 46.6 Å². The summed E-state index contributed by atoms with van der Waals surface area (Å²) in [6, 6.07) is 1.59. The molecule has 1 saturated heterocycles. The maximum atomic E-state index is 11.0. The third-order valence-corrected chi connectivity index (χ3v) is 3.58. The van der Waals surface area contributed by atoms with E-state index in [-0.39, 0.29) is 17.3 Å². The second-order valence-corrected chi connectivity index (χ2v) is 5.33. The third kappa shape index (κ3) is 3.60. The Morgan fingerprint density at radius 1 is 1.50 bits per heavy atom. The minimum atomic E-state index is -1.03. The van der Waals surface area contributed by atoms with Crippen LogP contribution >= 0.6 is 0 Å². The predicted octanol–water partition coefficient (Wildman–Crippen LogP) is 1.65. The highest BCUT2D eigenvalue weighted by atomic mass is 16.4. The molecular weight excluding hydrogens is 256 g/mol. The minimum Gasteiger partial charge on any atom is -0.478 e. The van der Waals surface area contributed by atoms with Gasteiger partial charge in [-0.15, -0.1) is 0 Å². The molecule has 1 aliphatic heterocycles. The normalized spacial score (nSPS) is 17.6. The maximum absolute atomic E-state index is 11.0. The second kappa shape index (κ2) is 6.56. The van der Waals surface area contributed by atoms with Gasteiger partial charge in [0.1, 0.15) is 5.82 Å². The lowest BCUT2D eigenvalue weighted by molar-refractivity contribution is 0.0698. The summed E-state index contributed by atoms with van der Waals surface area (Å²) in [6.45, 7) is 5.23. The van der Waals surface area contributed by atoms with Crippen LogP contribution in [0.1, 0.15) is 36.5 Å². The van der Waals surface area contributed by atoms with Crippen molar-refractivity contribution in [3.63, 3.8) is 0 Å². The van der Waals surface area contributed by atoms with E-state index in [1.165, 1.54) is 31.5 Å². The molecule has 0 radical (unpaired) electrons. The number of aromatic nitrogens is 1. The SMILES string of the molecule is CC(CN1CCCCC1)Nc1nccc(C(=O)O)c1N. The number of pyridine rings is 1. The van der Waals surface area contributed by atoms with Gasteiger partial charge in [-0.1, -0.05) is 6.42 Å². The summed E-state index contributed by atoms with van der Waals surface area (Å²) in [5.41, 5.74) is 6.14. The smallest absolute Gasteiger partial charge is 0.337 e. The zero-order valence-corrected chi connectivity index (χ0v) is 11.8. The van der Waals surface area contributed by atoms with Crippen LogP contribution in [0.5, 0.6) is 0 Å². The van der Waals surface area contributed by atoms with Crippen molar-refractivity contribution in [2.24, 2.45) is 0 Å². The van der Waals surface area contributed by atoms with Crippen molar-refractivity contribution in [1.82, 2.24) is 9.88 Å². The van der Waals surface area contributed by atoms with Gasteiger partial charge in [-0.25, -0.2) is 9.78 Å². The largest absolute Gasteiger partial charge is 0.478 e. The standard InChI is InChI=1S/C14H22N4O2/c1-10(9-18-7-3-2-4-8-18)17-13-12(15)11(14(19)20)5-6-16-13/h5-6,10H,2-4,7-9,15H2,1H3,(H,16,17)(H,19,20). The second-order valence-electron chi connectivity index (χ2n) is 5.33. The minimum absolute atomic E-state index is 0.0904. The first-order chi connectivity index (χ1) is 9.58. The Bertz CT molecular complexity index is 472. The number of carbonyl (C=O) groups is 1. The Balaban J connectivity index is 1.98. The van der Waals surface area contributed by atoms with Crippen molar-refractivity contribution in [3.8, 4) is 0 Å². The van der Waals surface area contributed by atoms with Crippen LogP contribution in [0.2, 0.25) is 0 Å².